The van der Waals surface area contributed by atoms with Crippen LogP contribution in [0.15, 0.2) is 42.5 Å². The van der Waals surface area contributed by atoms with Crippen molar-refractivity contribution in [2.45, 2.75) is 13.5 Å². The normalized spacial score (nSPS) is 10.5. The van der Waals surface area contributed by atoms with Gasteiger partial charge in [-0.05, 0) is 32.2 Å². The molecule has 26 heavy (non-hydrogen) atoms. The fourth-order valence-electron chi connectivity index (χ4n) is 2.69. The zero-order valence-corrected chi connectivity index (χ0v) is 15.5. The Kier molecular flexibility index (Phi) is 6.74. The third kappa shape index (κ3) is 5.07. The molecule has 2 aromatic carbocycles. The van der Waals surface area contributed by atoms with Crippen LogP contribution in [0.2, 0.25) is 0 Å². The lowest BCUT2D eigenvalue weighted by atomic mass is 10.1. The van der Waals surface area contributed by atoms with Crippen molar-refractivity contribution < 1.29 is 19.1 Å². The Morgan fingerprint density at radius 1 is 1.08 bits per heavy atom. The van der Waals surface area contributed by atoms with Gasteiger partial charge in [0.1, 0.15) is 0 Å². The molecule has 1 N–H and O–H groups in total. The number of amides is 1. The van der Waals surface area contributed by atoms with Gasteiger partial charge in [0.05, 0.1) is 20.8 Å². The molecule has 0 fully saturated rings. The van der Waals surface area contributed by atoms with E-state index in [0.29, 0.717) is 29.3 Å². The van der Waals surface area contributed by atoms with E-state index in [1.807, 2.05) is 30.1 Å². The first-order valence-corrected chi connectivity index (χ1v) is 8.24. The quantitative estimate of drug-likeness (QED) is 0.737. The lowest BCUT2D eigenvalue weighted by Gasteiger charge is -2.19. The number of ether oxygens (including phenoxy) is 2. The highest BCUT2D eigenvalue weighted by atomic mass is 16.5. The number of hydrogen-bond donors (Lipinski definition) is 1. The molecule has 0 atom stereocenters. The molecule has 1 amide bonds. The average molecular weight is 356 g/mol. The third-order valence-electron chi connectivity index (χ3n) is 3.89. The van der Waals surface area contributed by atoms with Gasteiger partial charge in [0, 0.05) is 23.4 Å². The summed E-state index contributed by atoms with van der Waals surface area (Å²) in [6, 6.07) is 12.6. The smallest absolute Gasteiger partial charge is 0.238 e. The number of methoxy groups -OCH3 is 2. The van der Waals surface area contributed by atoms with Gasteiger partial charge >= 0.3 is 0 Å². The number of hydrogen-bond acceptors (Lipinski definition) is 5. The predicted octanol–water partition coefficient (Wildman–Crippen LogP) is 2.98. The van der Waals surface area contributed by atoms with Crippen molar-refractivity contribution in [3.63, 3.8) is 0 Å². The lowest BCUT2D eigenvalue weighted by Crippen LogP contribution is -2.30. The van der Waals surface area contributed by atoms with E-state index in [9.17, 15) is 9.59 Å². The van der Waals surface area contributed by atoms with E-state index in [4.69, 9.17) is 9.47 Å². The number of benzene rings is 2. The van der Waals surface area contributed by atoms with Crippen molar-refractivity contribution >= 4 is 17.4 Å². The van der Waals surface area contributed by atoms with Crippen LogP contribution in [0, 0.1) is 0 Å². The topological polar surface area (TPSA) is 67.9 Å². The van der Waals surface area contributed by atoms with Crippen molar-refractivity contribution in [3.05, 3.63) is 53.6 Å². The van der Waals surface area contributed by atoms with Gasteiger partial charge in [-0.1, -0.05) is 24.3 Å². The SMILES string of the molecule is COc1cccc(CN(C)CC(=O)Nc2cccc(C(C)=O)c2)c1OC. The standard InChI is InChI=1S/C20H24N2O4/c1-14(23)15-7-5-9-17(11-15)21-19(24)13-22(2)12-16-8-6-10-18(25-3)20(16)26-4/h5-11H,12-13H2,1-4H3,(H,21,24). The minimum atomic E-state index is -0.157. The summed E-state index contributed by atoms with van der Waals surface area (Å²) in [5.41, 5.74) is 2.10. The fourth-order valence-corrected chi connectivity index (χ4v) is 2.69. The van der Waals surface area contributed by atoms with E-state index in [-0.39, 0.29) is 18.2 Å². The Bertz CT molecular complexity index is 789. The Morgan fingerprint density at radius 3 is 2.46 bits per heavy atom. The highest BCUT2D eigenvalue weighted by Gasteiger charge is 2.13. The van der Waals surface area contributed by atoms with Crippen LogP contribution >= 0.6 is 0 Å². The van der Waals surface area contributed by atoms with Crippen molar-refractivity contribution in [3.8, 4) is 11.5 Å². The molecule has 6 nitrogen and oxygen atoms in total. The van der Waals surface area contributed by atoms with Crippen LogP contribution < -0.4 is 14.8 Å². The van der Waals surface area contributed by atoms with Gasteiger partial charge in [-0.2, -0.15) is 0 Å². The molecule has 2 rings (SSSR count). The predicted molar refractivity (Wildman–Crippen MR) is 101 cm³/mol. The van der Waals surface area contributed by atoms with Gasteiger partial charge < -0.3 is 14.8 Å². The second-order valence-corrected chi connectivity index (χ2v) is 6.01. The summed E-state index contributed by atoms with van der Waals surface area (Å²) < 4.78 is 10.7. The molecule has 2 aromatic rings. The molecule has 0 heterocycles. The average Bonchev–Trinajstić information content (AvgIpc) is 2.61. The van der Waals surface area contributed by atoms with E-state index in [1.165, 1.54) is 6.92 Å². The number of rotatable bonds is 8. The minimum absolute atomic E-state index is 0.0386. The molecule has 0 aliphatic carbocycles. The molecule has 0 aliphatic heterocycles. The second-order valence-electron chi connectivity index (χ2n) is 6.01. The van der Waals surface area contributed by atoms with Crippen LogP contribution in [0.5, 0.6) is 11.5 Å². The van der Waals surface area contributed by atoms with Crippen molar-refractivity contribution in [1.29, 1.82) is 0 Å². The summed E-state index contributed by atoms with van der Waals surface area (Å²) in [4.78, 5) is 25.6. The summed E-state index contributed by atoms with van der Waals surface area (Å²) in [6.07, 6.45) is 0. The van der Waals surface area contributed by atoms with Gasteiger partial charge in [0.15, 0.2) is 17.3 Å². The molecule has 138 valence electrons. The highest BCUT2D eigenvalue weighted by Crippen LogP contribution is 2.31. The Balaban J connectivity index is 2.00. The molecule has 0 saturated heterocycles. The first-order chi connectivity index (χ1) is 12.4. The number of para-hydroxylation sites is 1. The first kappa shape index (κ1) is 19.5. The van der Waals surface area contributed by atoms with Crippen LogP contribution in [-0.2, 0) is 11.3 Å². The van der Waals surface area contributed by atoms with Gasteiger partial charge in [0.25, 0.3) is 0 Å². The van der Waals surface area contributed by atoms with E-state index in [2.05, 4.69) is 5.32 Å². The number of nitrogens with one attached hydrogen (secondary N) is 1. The number of Topliss-reactive ketones (excluding diaryl/α,β-unsaturated/α-hetero) is 1. The molecule has 0 bridgehead atoms. The van der Waals surface area contributed by atoms with Gasteiger partial charge in [-0.3, -0.25) is 14.5 Å². The summed E-state index contributed by atoms with van der Waals surface area (Å²) in [5, 5.41) is 2.82. The summed E-state index contributed by atoms with van der Waals surface area (Å²) >= 11 is 0. The fraction of sp³-hybridized carbons (Fsp3) is 0.300. The maximum absolute atomic E-state index is 12.3. The largest absolute Gasteiger partial charge is 0.493 e. The number of likely N-dealkylation sites (N-methyl/N-ethyl adjacent to an activating group) is 1. The van der Waals surface area contributed by atoms with Crippen LogP contribution in [0.3, 0.4) is 0 Å². The van der Waals surface area contributed by atoms with Gasteiger partial charge in [-0.15, -0.1) is 0 Å². The van der Waals surface area contributed by atoms with E-state index in [1.54, 1.807) is 38.5 Å². The first-order valence-electron chi connectivity index (χ1n) is 8.24. The molecular formula is C20H24N2O4. The van der Waals surface area contributed by atoms with Gasteiger partial charge in [-0.25, -0.2) is 0 Å². The zero-order valence-electron chi connectivity index (χ0n) is 15.5. The van der Waals surface area contributed by atoms with Crippen LogP contribution in [0.4, 0.5) is 5.69 Å². The summed E-state index contributed by atoms with van der Waals surface area (Å²) in [7, 11) is 5.04. The Morgan fingerprint density at radius 2 is 1.81 bits per heavy atom. The van der Waals surface area contributed by atoms with E-state index >= 15 is 0 Å². The second kappa shape index (κ2) is 9.01. The maximum atomic E-state index is 12.3. The number of carbonyl (C=O) groups excluding carboxylic acids is 2. The highest BCUT2D eigenvalue weighted by molar-refractivity contribution is 5.97. The molecule has 0 spiro atoms. The van der Waals surface area contributed by atoms with Crippen molar-refractivity contribution in [1.82, 2.24) is 4.90 Å². The molecule has 0 aliphatic rings. The third-order valence-corrected chi connectivity index (χ3v) is 3.89. The number of ketones is 1. The van der Waals surface area contributed by atoms with E-state index < -0.39 is 0 Å². The summed E-state index contributed by atoms with van der Waals surface area (Å²) in [5.74, 6) is 1.12. The van der Waals surface area contributed by atoms with Crippen molar-refractivity contribution in [2.24, 2.45) is 0 Å². The van der Waals surface area contributed by atoms with Crippen LogP contribution in [-0.4, -0.2) is 44.4 Å². The summed E-state index contributed by atoms with van der Waals surface area (Å²) in [6.45, 7) is 2.22. The molecule has 0 aromatic heterocycles. The Labute approximate surface area is 153 Å². The number of nitrogens with zero attached hydrogens (tertiary/aromatic N) is 1. The van der Waals surface area contributed by atoms with Gasteiger partial charge in [0.2, 0.25) is 5.91 Å². The van der Waals surface area contributed by atoms with E-state index in [0.717, 1.165) is 5.56 Å². The monoisotopic (exact) mass is 356 g/mol. The van der Waals surface area contributed by atoms with Crippen molar-refractivity contribution in [2.75, 3.05) is 33.1 Å². The number of anilines is 1. The molecule has 0 saturated carbocycles. The Hall–Kier alpha value is -2.86. The van der Waals surface area contributed by atoms with Crippen LogP contribution in [0.25, 0.3) is 0 Å². The molecule has 6 heteroatoms. The number of carbonyl (C=O) groups is 2. The molecule has 0 radical (unpaired) electrons. The van der Waals surface area contributed by atoms with Crippen LogP contribution in [0.1, 0.15) is 22.8 Å². The maximum Gasteiger partial charge on any atom is 0.238 e. The molecular weight excluding hydrogens is 332 g/mol. The lowest BCUT2D eigenvalue weighted by molar-refractivity contribution is -0.117. The zero-order chi connectivity index (χ0) is 19.1. The minimum Gasteiger partial charge on any atom is -0.493 e. The molecule has 0 unspecified atom stereocenters.